The molecule has 0 aliphatic heterocycles. The van der Waals surface area contributed by atoms with Crippen molar-refractivity contribution in [3.63, 3.8) is 0 Å². The van der Waals surface area contributed by atoms with E-state index in [4.69, 9.17) is 11.5 Å². The first-order valence-corrected chi connectivity index (χ1v) is 20.3. The Balaban J connectivity index is 2.98. The van der Waals surface area contributed by atoms with Crippen molar-refractivity contribution in [3.8, 4) is 0 Å². The number of imide groups is 2. The highest BCUT2D eigenvalue weighted by atomic mass is 16.2. The lowest BCUT2D eigenvalue weighted by Crippen LogP contribution is -2.50. The van der Waals surface area contributed by atoms with Crippen LogP contribution >= 0.6 is 0 Å². The number of nitrogens with two attached hydrogens (primary N) is 2. The maximum absolute atomic E-state index is 13.9. The van der Waals surface area contributed by atoms with Gasteiger partial charge >= 0.3 is 0 Å². The van der Waals surface area contributed by atoms with Crippen LogP contribution in [0.5, 0.6) is 0 Å². The normalized spacial score (nSPS) is 12.7. The summed E-state index contributed by atoms with van der Waals surface area (Å²) in [6.07, 6.45) is 22.9. The van der Waals surface area contributed by atoms with Crippen LogP contribution in [0.3, 0.4) is 0 Å². The zero-order valence-electron chi connectivity index (χ0n) is 32.9. The van der Waals surface area contributed by atoms with E-state index >= 15 is 0 Å². The van der Waals surface area contributed by atoms with Crippen LogP contribution in [0.2, 0.25) is 0 Å². The van der Waals surface area contributed by atoms with Crippen molar-refractivity contribution in [2.24, 2.45) is 23.3 Å². The van der Waals surface area contributed by atoms with Gasteiger partial charge < -0.3 is 11.5 Å². The molecule has 0 heterocycles. The van der Waals surface area contributed by atoms with Gasteiger partial charge in [-0.15, -0.1) is 0 Å². The third-order valence-corrected chi connectivity index (χ3v) is 9.86. The van der Waals surface area contributed by atoms with Crippen LogP contribution in [0.1, 0.15) is 191 Å². The molecule has 1 aromatic rings. The molecule has 0 spiro atoms. The zero-order valence-corrected chi connectivity index (χ0v) is 32.9. The molecule has 4 amide bonds. The molecule has 0 aliphatic carbocycles. The zero-order chi connectivity index (χ0) is 37.3. The molecule has 8 heteroatoms. The molecule has 50 heavy (non-hydrogen) atoms. The van der Waals surface area contributed by atoms with Gasteiger partial charge in [-0.3, -0.25) is 29.0 Å². The van der Waals surface area contributed by atoms with Crippen LogP contribution in [-0.2, 0) is 9.59 Å². The number of benzene rings is 1. The Morgan fingerprint density at radius 1 is 0.500 bits per heavy atom. The van der Waals surface area contributed by atoms with Crippen molar-refractivity contribution in [2.45, 2.75) is 182 Å². The second-order valence-corrected chi connectivity index (χ2v) is 15.1. The largest absolute Gasteiger partial charge is 0.320 e. The van der Waals surface area contributed by atoms with Crippen LogP contribution in [-0.4, -0.2) is 58.6 Å². The first kappa shape index (κ1) is 45.4. The van der Waals surface area contributed by atoms with E-state index in [0.29, 0.717) is 12.8 Å². The van der Waals surface area contributed by atoms with Gasteiger partial charge in [0, 0.05) is 24.2 Å². The number of unbranched alkanes of at least 4 members (excludes halogenated alkanes) is 18. The summed E-state index contributed by atoms with van der Waals surface area (Å²) in [5.74, 6) is -2.01. The Kier molecular flexibility index (Phi) is 24.6. The topological polar surface area (TPSA) is 127 Å². The molecule has 0 unspecified atom stereocenters. The lowest BCUT2D eigenvalue weighted by molar-refractivity contribution is -0.131. The average molecular weight is 699 g/mol. The first-order valence-electron chi connectivity index (χ1n) is 20.3. The van der Waals surface area contributed by atoms with E-state index < -0.39 is 35.7 Å². The average Bonchev–Trinajstić information content (AvgIpc) is 3.11. The summed E-state index contributed by atoms with van der Waals surface area (Å²) >= 11 is 0. The van der Waals surface area contributed by atoms with Crippen LogP contribution in [0.4, 0.5) is 0 Å². The van der Waals surface area contributed by atoms with Gasteiger partial charge in [0.15, 0.2) is 0 Å². The minimum Gasteiger partial charge on any atom is -0.320 e. The van der Waals surface area contributed by atoms with Gasteiger partial charge in [-0.1, -0.05) is 163 Å². The van der Waals surface area contributed by atoms with E-state index in [1.54, 1.807) is 18.2 Å². The van der Waals surface area contributed by atoms with Crippen LogP contribution in [0.25, 0.3) is 0 Å². The Hall–Kier alpha value is -2.58. The molecule has 0 aromatic heterocycles. The molecule has 0 saturated heterocycles. The highest BCUT2D eigenvalue weighted by Gasteiger charge is 2.31. The monoisotopic (exact) mass is 699 g/mol. The number of nitrogens with zero attached hydrogens (tertiary/aromatic N) is 2. The number of amides is 4. The summed E-state index contributed by atoms with van der Waals surface area (Å²) in [4.78, 5) is 57.2. The van der Waals surface area contributed by atoms with Crippen molar-refractivity contribution in [1.82, 2.24) is 9.80 Å². The molecule has 1 aromatic carbocycles. The molecule has 0 radical (unpaired) electrons. The van der Waals surface area contributed by atoms with Crippen LogP contribution < -0.4 is 11.5 Å². The predicted octanol–water partition coefficient (Wildman–Crippen LogP) is 9.43. The molecule has 0 aliphatic rings. The fraction of sp³-hybridized carbons (Fsp3) is 0.762. The van der Waals surface area contributed by atoms with Crippen molar-refractivity contribution in [2.75, 3.05) is 13.1 Å². The van der Waals surface area contributed by atoms with E-state index in [2.05, 4.69) is 13.8 Å². The second-order valence-electron chi connectivity index (χ2n) is 15.1. The Morgan fingerprint density at radius 2 is 0.780 bits per heavy atom. The highest BCUT2D eigenvalue weighted by Crippen LogP contribution is 2.18. The number of rotatable bonds is 28. The molecule has 0 saturated carbocycles. The SMILES string of the molecule is CCCCCCCCCCCCN(C(=O)c1cccc(C(=O)N(CCCCCCCCCCCC)C(=O)[C@@H](N)C(C)C)c1)C(=O)[C@@H](N)C(C)C. The maximum Gasteiger partial charge on any atom is 0.260 e. The van der Waals surface area contributed by atoms with Crippen molar-refractivity contribution < 1.29 is 19.2 Å². The summed E-state index contributed by atoms with van der Waals surface area (Å²) in [5.41, 5.74) is 13.0. The summed E-state index contributed by atoms with van der Waals surface area (Å²) in [7, 11) is 0. The third-order valence-electron chi connectivity index (χ3n) is 9.86. The molecular weight excluding hydrogens is 624 g/mol. The molecule has 1 rings (SSSR count). The lowest BCUT2D eigenvalue weighted by atomic mass is 10.0. The second kappa shape index (κ2) is 27.1. The van der Waals surface area contributed by atoms with E-state index in [0.717, 1.165) is 38.5 Å². The molecule has 2 atom stereocenters. The standard InChI is InChI=1S/C42H74N4O4/c1-7-9-11-13-15-17-19-21-23-25-30-45(41(49)37(43)33(3)4)39(47)35-28-27-29-36(32-35)40(48)46(42(50)38(44)34(5)6)31-26-24-22-20-18-16-14-12-10-8-2/h27-29,32-34,37-38H,7-26,30-31,43-44H2,1-6H3/t37-,38-/m0/s1. The fourth-order valence-electron chi connectivity index (χ4n) is 6.17. The fourth-order valence-corrected chi connectivity index (χ4v) is 6.17. The molecule has 286 valence electrons. The van der Waals surface area contributed by atoms with E-state index in [1.165, 1.54) is 92.9 Å². The van der Waals surface area contributed by atoms with E-state index in [-0.39, 0.29) is 36.1 Å². The number of carbonyl (C=O) groups is 4. The lowest BCUT2D eigenvalue weighted by Gasteiger charge is -2.27. The van der Waals surface area contributed by atoms with Gasteiger partial charge in [-0.05, 0) is 42.9 Å². The first-order chi connectivity index (χ1) is 24.0. The molecule has 4 N–H and O–H groups in total. The third kappa shape index (κ3) is 17.6. The Bertz CT molecular complexity index is 1020. The minimum atomic E-state index is -0.807. The summed E-state index contributed by atoms with van der Waals surface area (Å²) < 4.78 is 0. The van der Waals surface area contributed by atoms with Gasteiger partial charge in [0.2, 0.25) is 11.8 Å². The summed E-state index contributed by atoms with van der Waals surface area (Å²) in [6.45, 7) is 12.5. The van der Waals surface area contributed by atoms with Crippen molar-refractivity contribution >= 4 is 23.6 Å². The predicted molar refractivity (Wildman–Crippen MR) is 208 cm³/mol. The number of carbonyl (C=O) groups excluding carboxylic acids is 4. The summed E-state index contributed by atoms with van der Waals surface area (Å²) in [6, 6.07) is 4.76. The molecule has 0 fully saturated rings. The van der Waals surface area contributed by atoms with E-state index in [9.17, 15) is 19.2 Å². The van der Waals surface area contributed by atoms with Crippen LogP contribution in [0, 0.1) is 11.8 Å². The number of hydrogen-bond donors (Lipinski definition) is 2. The number of hydrogen-bond acceptors (Lipinski definition) is 6. The van der Waals surface area contributed by atoms with Gasteiger partial charge in [-0.25, -0.2) is 0 Å². The maximum atomic E-state index is 13.9. The van der Waals surface area contributed by atoms with Gasteiger partial charge in [0.1, 0.15) is 0 Å². The van der Waals surface area contributed by atoms with Gasteiger partial charge in [-0.2, -0.15) is 0 Å². The quantitative estimate of drug-likeness (QED) is 0.0840. The Labute approximate surface area is 305 Å². The molecule has 0 bridgehead atoms. The van der Waals surface area contributed by atoms with Crippen LogP contribution in [0.15, 0.2) is 24.3 Å². The van der Waals surface area contributed by atoms with Gasteiger partial charge in [0.05, 0.1) is 12.1 Å². The van der Waals surface area contributed by atoms with Crippen molar-refractivity contribution in [1.29, 1.82) is 0 Å². The highest BCUT2D eigenvalue weighted by molar-refractivity contribution is 6.09. The molecular formula is C42H74N4O4. The molecule has 8 nitrogen and oxygen atoms in total. The van der Waals surface area contributed by atoms with E-state index in [1.807, 2.05) is 27.7 Å². The Morgan fingerprint density at radius 3 is 1.06 bits per heavy atom. The smallest absolute Gasteiger partial charge is 0.260 e. The summed E-state index contributed by atoms with van der Waals surface area (Å²) in [5, 5.41) is 0. The van der Waals surface area contributed by atoms with Crippen molar-refractivity contribution in [3.05, 3.63) is 35.4 Å². The minimum absolute atomic E-state index is 0.131. The van der Waals surface area contributed by atoms with Gasteiger partial charge in [0.25, 0.3) is 11.8 Å².